The molecule has 3 nitrogen and oxygen atoms in total. The number of hydrogen-bond donors (Lipinski definition) is 1. The van der Waals surface area contributed by atoms with Crippen LogP contribution in [-0.4, -0.2) is 16.2 Å². The number of ketones is 1. The number of carbonyl (C=O) groups excluding carboxylic acids is 1. The third-order valence-corrected chi connectivity index (χ3v) is 2.81. The molecule has 2 N–H and O–H groups in total. The van der Waals surface area contributed by atoms with Crippen LogP contribution >= 0.6 is 11.8 Å². The molecule has 0 fully saturated rings. The highest BCUT2D eigenvalue weighted by atomic mass is 32.2. The van der Waals surface area contributed by atoms with Crippen LogP contribution in [-0.2, 0) is 4.79 Å². The molecule has 0 aromatic carbocycles. The first-order chi connectivity index (χ1) is 5.25. The highest BCUT2D eigenvalue weighted by Gasteiger charge is 2.28. The Morgan fingerprint density at radius 3 is 3.36 bits per heavy atom. The number of hydrogen-bond acceptors (Lipinski definition) is 4. The van der Waals surface area contributed by atoms with E-state index in [1.54, 1.807) is 0 Å². The molecule has 4 heteroatoms. The maximum atomic E-state index is 11.0. The van der Waals surface area contributed by atoms with Gasteiger partial charge in [0.1, 0.15) is 5.78 Å². The van der Waals surface area contributed by atoms with Crippen LogP contribution in [0.4, 0.5) is 0 Å². The van der Waals surface area contributed by atoms with E-state index in [1.807, 2.05) is 6.08 Å². The van der Waals surface area contributed by atoms with E-state index in [4.69, 9.17) is 5.73 Å². The fourth-order valence-corrected chi connectivity index (χ4v) is 2.25. The summed E-state index contributed by atoms with van der Waals surface area (Å²) in [6, 6.07) is 0. The average Bonchev–Trinajstić information content (AvgIpc) is 2.27. The van der Waals surface area contributed by atoms with Crippen molar-refractivity contribution in [3.05, 3.63) is 11.8 Å². The molecule has 0 saturated heterocycles. The fraction of sp³-hybridized carbons (Fsp3) is 0.429. The van der Waals surface area contributed by atoms with Crippen LogP contribution in [0.1, 0.15) is 12.8 Å². The topological polar surface area (TPSA) is 55.4 Å². The first-order valence-corrected chi connectivity index (χ1v) is 4.36. The molecule has 11 heavy (non-hydrogen) atoms. The van der Waals surface area contributed by atoms with Crippen molar-refractivity contribution in [1.82, 2.24) is 0 Å². The summed E-state index contributed by atoms with van der Waals surface area (Å²) in [5, 5.41) is 0.812. The van der Waals surface area contributed by atoms with Gasteiger partial charge in [-0.15, -0.1) is 0 Å². The Balaban J connectivity index is 2.25. The van der Waals surface area contributed by atoms with E-state index in [0.717, 1.165) is 5.70 Å². The van der Waals surface area contributed by atoms with Crippen LogP contribution in [0.2, 0.25) is 0 Å². The summed E-state index contributed by atoms with van der Waals surface area (Å²) in [6.45, 7) is 0. The lowest BCUT2D eigenvalue weighted by molar-refractivity contribution is -0.118. The highest BCUT2D eigenvalue weighted by molar-refractivity contribution is 8.14. The summed E-state index contributed by atoms with van der Waals surface area (Å²) in [5.41, 5.74) is 6.49. The molecule has 1 heterocycles. The Labute approximate surface area is 68.7 Å². The van der Waals surface area contributed by atoms with E-state index >= 15 is 0 Å². The third-order valence-electron chi connectivity index (χ3n) is 1.78. The van der Waals surface area contributed by atoms with Gasteiger partial charge in [-0.1, -0.05) is 17.8 Å². The SMILES string of the molecule is NC1=NC2=CCC(=O)CC2S1. The maximum absolute atomic E-state index is 11.0. The number of aliphatic imine (C=N–C) groups is 1. The van der Waals surface area contributed by atoms with Gasteiger partial charge in [0.05, 0.1) is 10.9 Å². The quantitative estimate of drug-likeness (QED) is 0.578. The summed E-state index contributed by atoms with van der Waals surface area (Å²) < 4.78 is 0. The molecule has 0 amide bonds. The molecule has 0 aromatic rings. The molecule has 1 aliphatic heterocycles. The third kappa shape index (κ3) is 1.18. The van der Waals surface area contributed by atoms with E-state index in [0.29, 0.717) is 18.0 Å². The Hall–Kier alpha value is -0.770. The van der Waals surface area contributed by atoms with Crippen molar-refractivity contribution in [3.63, 3.8) is 0 Å². The van der Waals surface area contributed by atoms with Crippen molar-refractivity contribution in [2.24, 2.45) is 10.7 Å². The van der Waals surface area contributed by atoms with Gasteiger partial charge in [-0.2, -0.15) is 0 Å². The van der Waals surface area contributed by atoms with Crippen LogP contribution < -0.4 is 5.73 Å². The summed E-state index contributed by atoms with van der Waals surface area (Å²) in [4.78, 5) is 15.1. The van der Waals surface area contributed by atoms with Crippen LogP contribution in [0.3, 0.4) is 0 Å². The normalized spacial score (nSPS) is 29.5. The molecule has 0 bridgehead atoms. The molecule has 1 unspecified atom stereocenters. The number of rotatable bonds is 0. The summed E-state index contributed by atoms with van der Waals surface area (Å²) in [5.74, 6) is 0.288. The minimum absolute atomic E-state index is 0.219. The van der Waals surface area contributed by atoms with Gasteiger partial charge in [0.2, 0.25) is 0 Å². The standard InChI is InChI=1S/C7H8N2OS/c8-7-9-5-2-1-4(10)3-6(5)11-7/h2,6H,1,3H2,(H2,8,9). The zero-order chi connectivity index (χ0) is 7.84. The van der Waals surface area contributed by atoms with Crippen molar-refractivity contribution in [2.45, 2.75) is 18.1 Å². The van der Waals surface area contributed by atoms with E-state index in [-0.39, 0.29) is 11.0 Å². The number of nitrogens with two attached hydrogens (primary N) is 1. The van der Waals surface area contributed by atoms with Gasteiger partial charge >= 0.3 is 0 Å². The van der Waals surface area contributed by atoms with E-state index in [9.17, 15) is 4.79 Å². The Morgan fingerprint density at radius 2 is 2.55 bits per heavy atom. The number of thioether (sulfide) groups is 1. The fourth-order valence-electron chi connectivity index (χ4n) is 1.26. The molecular formula is C7H8N2OS. The summed E-state index contributed by atoms with van der Waals surface area (Å²) in [7, 11) is 0. The largest absolute Gasteiger partial charge is 0.378 e. The van der Waals surface area contributed by atoms with Crippen molar-refractivity contribution < 1.29 is 4.79 Å². The summed E-state index contributed by atoms with van der Waals surface area (Å²) >= 11 is 1.49. The lowest BCUT2D eigenvalue weighted by Gasteiger charge is -2.12. The molecule has 2 rings (SSSR count). The maximum Gasteiger partial charge on any atom is 0.159 e. The van der Waals surface area contributed by atoms with Gasteiger partial charge in [-0.3, -0.25) is 4.79 Å². The molecule has 58 valence electrons. The monoisotopic (exact) mass is 168 g/mol. The molecule has 0 radical (unpaired) electrons. The lowest BCUT2D eigenvalue weighted by Crippen LogP contribution is -2.15. The average molecular weight is 168 g/mol. The molecule has 0 spiro atoms. The molecule has 0 saturated carbocycles. The first kappa shape index (κ1) is 6.91. The predicted molar refractivity (Wildman–Crippen MR) is 45.3 cm³/mol. The van der Waals surface area contributed by atoms with E-state index in [1.165, 1.54) is 11.8 Å². The number of fused-ring (bicyclic) bond motifs is 1. The number of carbonyl (C=O) groups is 1. The zero-order valence-corrected chi connectivity index (χ0v) is 6.73. The van der Waals surface area contributed by atoms with Gasteiger partial charge in [0.15, 0.2) is 5.17 Å². The second kappa shape index (κ2) is 2.37. The van der Waals surface area contributed by atoms with Gasteiger partial charge in [-0.25, -0.2) is 4.99 Å². The van der Waals surface area contributed by atoms with Gasteiger partial charge in [-0.05, 0) is 0 Å². The summed E-state index contributed by atoms with van der Waals surface area (Å²) in [6.07, 6.45) is 3.01. The zero-order valence-electron chi connectivity index (χ0n) is 5.91. The number of Topliss-reactive ketones (excluding diaryl/α,β-unsaturated/α-hetero) is 1. The Morgan fingerprint density at radius 1 is 1.73 bits per heavy atom. The number of nitrogens with zero attached hydrogens (tertiary/aromatic N) is 1. The predicted octanol–water partition coefficient (Wildman–Crippen LogP) is 0.663. The van der Waals surface area contributed by atoms with Crippen LogP contribution in [0.15, 0.2) is 16.8 Å². The highest BCUT2D eigenvalue weighted by Crippen LogP contribution is 2.33. The van der Waals surface area contributed by atoms with E-state index in [2.05, 4.69) is 4.99 Å². The minimum atomic E-state index is 0.219. The van der Waals surface area contributed by atoms with Crippen molar-refractivity contribution in [2.75, 3.05) is 0 Å². The first-order valence-electron chi connectivity index (χ1n) is 3.48. The Kier molecular flexibility index (Phi) is 1.49. The molecule has 1 aliphatic carbocycles. The van der Waals surface area contributed by atoms with Gasteiger partial charge in [0, 0.05) is 12.8 Å². The molecular weight excluding hydrogens is 160 g/mol. The second-order valence-corrected chi connectivity index (χ2v) is 3.86. The second-order valence-electron chi connectivity index (χ2n) is 2.63. The Bertz CT molecular complexity index is 270. The molecule has 1 atom stereocenters. The van der Waals surface area contributed by atoms with Crippen LogP contribution in [0, 0.1) is 0 Å². The van der Waals surface area contributed by atoms with Crippen molar-refractivity contribution >= 4 is 22.7 Å². The van der Waals surface area contributed by atoms with E-state index < -0.39 is 0 Å². The molecule has 2 aliphatic rings. The smallest absolute Gasteiger partial charge is 0.159 e. The van der Waals surface area contributed by atoms with Crippen LogP contribution in [0.5, 0.6) is 0 Å². The van der Waals surface area contributed by atoms with Crippen molar-refractivity contribution in [1.29, 1.82) is 0 Å². The van der Waals surface area contributed by atoms with Gasteiger partial charge < -0.3 is 5.73 Å². The van der Waals surface area contributed by atoms with Crippen LogP contribution in [0.25, 0.3) is 0 Å². The number of amidine groups is 1. The lowest BCUT2D eigenvalue weighted by atomic mass is 10.0. The van der Waals surface area contributed by atoms with Gasteiger partial charge in [0.25, 0.3) is 0 Å². The number of allylic oxidation sites excluding steroid dienone is 1. The minimum Gasteiger partial charge on any atom is -0.378 e. The van der Waals surface area contributed by atoms with Crippen molar-refractivity contribution in [3.8, 4) is 0 Å². The molecule has 0 aromatic heterocycles.